The molecule has 1 aromatic heterocycles. The summed E-state index contributed by atoms with van der Waals surface area (Å²) >= 11 is 0. The minimum atomic E-state index is -0.220. The van der Waals surface area contributed by atoms with Crippen molar-refractivity contribution in [3.63, 3.8) is 0 Å². The Hall–Kier alpha value is -1.62. The highest BCUT2D eigenvalue weighted by molar-refractivity contribution is 5.94. The van der Waals surface area contributed by atoms with Gasteiger partial charge in [-0.05, 0) is 50.3 Å². The van der Waals surface area contributed by atoms with Crippen LogP contribution in [-0.2, 0) is 0 Å². The van der Waals surface area contributed by atoms with Gasteiger partial charge in [-0.1, -0.05) is 0 Å². The largest absolute Gasteiger partial charge is 0.339 e. The number of hydrogen-bond acceptors (Lipinski definition) is 3. The number of aromatic nitrogens is 1. The number of hydrogen-bond donors (Lipinski definition) is 2. The van der Waals surface area contributed by atoms with Crippen LogP contribution < -0.4 is 10.9 Å². The first-order valence-electron chi connectivity index (χ1n) is 7.37. The quantitative estimate of drug-likeness (QED) is 0.803. The summed E-state index contributed by atoms with van der Waals surface area (Å²) in [5.41, 5.74) is 0.716. The third-order valence-corrected chi connectivity index (χ3v) is 4.80. The minimum absolute atomic E-state index is 0.0140. The van der Waals surface area contributed by atoms with Crippen molar-refractivity contribution < 1.29 is 4.79 Å². The maximum absolute atomic E-state index is 12.4. The van der Waals surface area contributed by atoms with E-state index in [0.717, 1.165) is 39.0 Å². The summed E-state index contributed by atoms with van der Waals surface area (Å²) in [6, 6.07) is 3.07. The van der Waals surface area contributed by atoms with Gasteiger partial charge >= 0.3 is 0 Å². The third-order valence-electron chi connectivity index (χ3n) is 4.80. The Balaban J connectivity index is 1.66. The number of H-pyrrole nitrogens is 1. The predicted octanol–water partition coefficient (Wildman–Crippen LogP) is 0.981. The summed E-state index contributed by atoms with van der Waals surface area (Å²) in [6.45, 7) is 3.82. The lowest BCUT2D eigenvalue weighted by atomic mass is 9.71. The van der Waals surface area contributed by atoms with E-state index < -0.39 is 0 Å². The fourth-order valence-electron chi connectivity index (χ4n) is 3.40. The number of carbonyl (C=O) groups is 1. The highest BCUT2D eigenvalue weighted by Crippen LogP contribution is 2.39. The molecule has 20 heavy (non-hydrogen) atoms. The van der Waals surface area contributed by atoms with E-state index >= 15 is 0 Å². The smallest absolute Gasteiger partial charge is 0.254 e. The molecule has 0 aromatic carbocycles. The molecular formula is C15H21N3O2. The normalized spacial score (nSPS) is 21.9. The van der Waals surface area contributed by atoms with Gasteiger partial charge in [-0.2, -0.15) is 0 Å². The lowest BCUT2D eigenvalue weighted by molar-refractivity contribution is 0.0495. The average Bonchev–Trinajstić information content (AvgIpc) is 2.48. The van der Waals surface area contributed by atoms with Crippen molar-refractivity contribution in [1.29, 1.82) is 0 Å². The number of likely N-dealkylation sites (tertiary alicyclic amines) is 1. The van der Waals surface area contributed by atoms with E-state index in [0.29, 0.717) is 11.0 Å². The molecule has 3 rings (SSSR count). The van der Waals surface area contributed by atoms with E-state index in [1.807, 2.05) is 4.90 Å². The van der Waals surface area contributed by atoms with E-state index in [4.69, 9.17) is 0 Å². The molecule has 1 spiro atoms. The van der Waals surface area contributed by atoms with Crippen molar-refractivity contribution in [2.24, 2.45) is 5.41 Å². The number of piperidine rings is 2. The molecule has 2 saturated heterocycles. The number of carbonyl (C=O) groups excluding carboxylic acids is 1. The third kappa shape index (κ3) is 2.63. The van der Waals surface area contributed by atoms with E-state index in [1.165, 1.54) is 25.1 Å². The second kappa shape index (κ2) is 5.40. The van der Waals surface area contributed by atoms with Crippen molar-refractivity contribution in [2.75, 3.05) is 26.2 Å². The Morgan fingerprint density at radius 3 is 2.50 bits per heavy atom. The Bertz CT molecular complexity index is 536. The van der Waals surface area contributed by atoms with Gasteiger partial charge in [0.25, 0.3) is 5.91 Å². The molecule has 1 amide bonds. The lowest BCUT2D eigenvalue weighted by Gasteiger charge is -2.44. The maximum atomic E-state index is 12.4. The molecule has 0 unspecified atom stereocenters. The Kier molecular flexibility index (Phi) is 3.61. The molecule has 0 atom stereocenters. The topological polar surface area (TPSA) is 65.2 Å². The molecule has 5 heteroatoms. The fraction of sp³-hybridized carbons (Fsp3) is 0.600. The van der Waals surface area contributed by atoms with Gasteiger partial charge < -0.3 is 15.2 Å². The Labute approximate surface area is 118 Å². The monoisotopic (exact) mass is 275 g/mol. The lowest BCUT2D eigenvalue weighted by Crippen LogP contribution is -2.47. The molecule has 5 nitrogen and oxygen atoms in total. The first-order valence-corrected chi connectivity index (χ1v) is 7.37. The summed E-state index contributed by atoms with van der Waals surface area (Å²) in [4.78, 5) is 28.1. The molecule has 1 aromatic rings. The Morgan fingerprint density at radius 1 is 1.15 bits per heavy atom. The van der Waals surface area contributed by atoms with Gasteiger partial charge in [0.1, 0.15) is 0 Å². The maximum Gasteiger partial charge on any atom is 0.254 e. The highest BCUT2D eigenvalue weighted by atomic mass is 16.2. The second-order valence-corrected chi connectivity index (χ2v) is 5.98. The summed E-state index contributed by atoms with van der Waals surface area (Å²) < 4.78 is 0. The molecule has 0 saturated carbocycles. The SMILES string of the molecule is O=C(c1cc[nH]c(=O)c1)N1CCC2(CCNCC2)CC1. The summed E-state index contributed by atoms with van der Waals surface area (Å²) in [7, 11) is 0. The van der Waals surface area contributed by atoms with Crippen LogP contribution >= 0.6 is 0 Å². The van der Waals surface area contributed by atoms with E-state index in [2.05, 4.69) is 10.3 Å². The first-order chi connectivity index (χ1) is 9.69. The van der Waals surface area contributed by atoms with Crippen molar-refractivity contribution in [1.82, 2.24) is 15.2 Å². The molecule has 2 N–H and O–H groups in total. The van der Waals surface area contributed by atoms with Crippen molar-refractivity contribution in [3.05, 3.63) is 34.2 Å². The van der Waals surface area contributed by atoms with Gasteiger partial charge in [0.15, 0.2) is 0 Å². The number of nitrogens with one attached hydrogen (secondary N) is 2. The van der Waals surface area contributed by atoms with Gasteiger partial charge in [-0.15, -0.1) is 0 Å². The van der Waals surface area contributed by atoms with Gasteiger partial charge in [0, 0.05) is 30.9 Å². The van der Waals surface area contributed by atoms with E-state index in [9.17, 15) is 9.59 Å². The van der Waals surface area contributed by atoms with Gasteiger partial charge in [0.2, 0.25) is 5.56 Å². The average molecular weight is 275 g/mol. The molecule has 2 fully saturated rings. The zero-order valence-electron chi connectivity index (χ0n) is 11.7. The fourth-order valence-corrected chi connectivity index (χ4v) is 3.40. The Morgan fingerprint density at radius 2 is 1.85 bits per heavy atom. The standard InChI is InChI=1S/C15H21N3O2/c19-13-11-12(1-6-17-13)14(20)18-9-4-15(5-10-18)2-7-16-8-3-15/h1,6,11,16H,2-5,7-10H2,(H,17,19). The van der Waals surface area contributed by atoms with Crippen LogP contribution in [0, 0.1) is 5.41 Å². The number of amides is 1. The van der Waals surface area contributed by atoms with Crippen LogP contribution in [0.3, 0.4) is 0 Å². The van der Waals surface area contributed by atoms with Crippen LogP contribution in [-0.4, -0.2) is 42.0 Å². The molecule has 108 valence electrons. The van der Waals surface area contributed by atoms with Crippen LogP contribution in [0.25, 0.3) is 0 Å². The highest BCUT2D eigenvalue weighted by Gasteiger charge is 2.36. The molecular weight excluding hydrogens is 254 g/mol. The van der Waals surface area contributed by atoms with Crippen LogP contribution in [0.2, 0.25) is 0 Å². The van der Waals surface area contributed by atoms with Gasteiger partial charge in [0.05, 0.1) is 0 Å². The molecule has 0 radical (unpaired) electrons. The number of aromatic amines is 1. The summed E-state index contributed by atoms with van der Waals surface area (Å²) in [5, 5.41) is 3.40. The minimum Gasteiger partial charge on any atom is -0.339 e. The van der Waals surface area contributed by atoms with E-state index in [1.54, 1.807) is 6.07 Å². The molecule has 2 aliphatic rings. The first kappa shape index (κ1) is 13.4. The zero-order chi connectivity index (χ0) is 14.0. The van der Waals surface area contributed by atoms with E-state index in [-0.39, 0.29) is 11.5 Å². The molecule has 2 aliphatic heterocycles. The number of pyridine rings is 1. The van der Waals surface area contributed by atoms with Crippen molar-refractivity contribution >= 4 is 5.91 Å². The predicted molar refractivity (Wildman–Crippen MR) is 76.7 cm³/mol. The molecule has 0 bridgehead atoms. The van der Waals surface area contributed by atoms with Gasteiger partial charge in [-0.3, -0.25) is 9.59 Å². The van der Waals surface area contributed by atoms with Crippen LogP contribution in [0.4, 0.5) is 0 Å². The van der Waals surface area contributed by atoms with Crippen LogP contribution in [0.5, 0.6) is 0 Å². The number of nitrogens with zero attached hydrogens (tertiary/aromatic N) is 1. The van der Waals surface area contributed by atoms with Crippen molar-refractivity contribution in [2.45, 2.75) is 25.7 Å². The number of rotatable bonds is 1. The van der Waals surface area contributed by atoms with Crippen LogP contribution in [0.15, 0.2) is 23.1 Å². The molecule has 0 aliphatic carbocycles. The molecule has 3 heterocycles. The van der Waals surface area contributed by atoms with Crippen molar-refractivity contribution in [3.8, 4) is 0 Å². The second-order valence-electron chi connectivity index (χ2n) is 5.98. The van der Waals surface area contributed by atoms with Gasteiger partial charge in [-0.25, -0.2) is 0 Å². The zero-order valence-corrected chi connectivity index (χ0v) is 11.7. The van der Waals surface area contributed by atoms with Crippen LogP contribution in [0.1, 0.15) is 36.0 Å². The summed E-state index contributed by atoms with van der Waals surface area (Å²) in [5.74, 6) is -0.0140. The summed E-state index contributed by atoms with van der Waals surface area (Å²) in [6.07, 6.45) is 6.15.